The van der Waals surface area contributed by atoms with Crippen molar-refractivity contribution in [3.8, 4) is 5.75 Å². The van der Waals surface area contributed by atoms with Gasteiger partial charge in [-0.15, -0.1) is 11.8 Å². The summed E-state index contributed by atoms with van der Waals surface area (Å²) in [4.78, 5) is 4.91. The van der Waals surface area contributed by atoms with E-state index < -0.39 is 0 Å². The summed E-state index contributed by atoms with van der Waals surface area (Å²) in [6.45, 7) is 2.08. The Bertz CT molecular complexity index is 792. The molecule has 136 valence electrons. The molecule has 1 aliphatic carbocycles. The van der Waals surface area contributed by atoms with E-state index in [2.05, 4.69) is 31.2 Å². The zero-order valence-corrected chi connectivity index (χ0v) is 16.4. The number of nitrogens with zero attached hydrogens (tertiary/aromatic N) is 1. The summed E-state index contributed by atoms with van der Waals surface area (Å²) < 4.78 is 10.4. The topological polar surface area (TPSA) is 30.8 Å². The summed E-state index contributed by atoms with van der Waals surface area (Å²) in [7, 11) is 3.37. The highest BCUT2D eigenvalue weighted by molar-refractivity contribution is 8.13. The minimum absolute atomic E-state index is 0.616. The Balaban J connectivity index is 1.76. The van der Waals surface area contributed by atoms with Crippen LogP contribution in [0.4, 0.5) is 5.69 Å². The van der Waals surface area contributed by atoms with Crippen LogP contribution in [0.3, 0.4) is 0 Å². The molecule has 4 heteroatoms. The predicted octanol–water partition coefficient (Wildman–Crippen LogP) is 6.08. The fourth-order valence-corrected chi connectivity index (χ4v) is 3.97. The molecule has 0 saturated heterocycles. The maximum absolute atomic E-state index is 5.23. The molecule has 0 spiro atoms. The average molecular weight is 368 g/mol. The third-order valence-corrected chi connectivity index (χ3v) is 5.53. The number of benzene rings is 2. The van der Waals surface area contributed by atoms with Crippen LogP contribution in [0.5, 0.6) is 5.75 Å². The van der Waals surface area contributed by atoms with Gasteiger partial charge in [0.05, 0.1) is 31.2 Å². The second-order valence-corrected chi connectivity index (χ2v) is 7.40. The lowest BCUT2D eigenvalue weighted by molar-refractivity contribution is 0.339. The Morgan fingerprint density at radius 1 is 1.12 bits per heavy atom. The van der Waals surface area contributed by atoms with Crippen LogP contribution in [0.25, 0.3) is 5.57 Å². The summed E-state index contributed by atoms with van der Waals surface area (Å²) in [5.74, 6) is 2.39. The molecule has 0 aromatic heterocycles. The van der Waals surface area contributed by atoms with Gasteiger partial charge >= 0.3 is 0 Å². The van der Waals surface area contributed by atoms with Crippen molar-refractivity contribution in [1.29, 1.82) is 0 Å². The van der Waals surface area contributed by atoms with Crippen LogP contribution in [0.15, 0.2) is 59.8 Å². The van der Waals surface area contributed by atoms with Gasteiger partial charge in [-0.3, -0.25) is 0 Å². The van der Waals surface area contributed by atoms with Crippen LogP contribution < -0.4 is 4.74 Å². The Morgan fingerprint density at radius 3 is 2.50 bits per heavy atom. The smallest absolute Gasteiger partial charge is 0.119 e. The summed E-state index contributed by atoms with van der Waals surface area (Å²) in [5, 5.41) is 1.23. The normalized spacial score (nSPS) is 15.0. The van der Waals surface area contributed by atoms with E-state index in [9.17, 15) is 0 Å². The first kappa shape index (κ1) is 18.6. The highest BCUT2D eigenvalue weighted by Crippen LogP contribution is 2.38. The van der Waals surface area contributed by atoms with Gasteiger partial charge in [0, 0.05) is 11.7 Å². The van der Waals surface area contributed by atoms with Gasteiger partial charge in [-0.2, -0.15) is 0 Å². The lowest BCUT2D eigenvalue weighted by atomic mass is 10.0. The molecule has 1 aliphatic rings. The Kier molecular flexibility index (Phi) is 6.40. The van der Waals surface area contributed by atoms with Gasteiger partial charge < -0.3 is 9.47 Å². The van der Waals surface area contributed by atoms with E-state index >= 15 is 0 Å². The van der Waals surface area contributed by atoms with Crippen molar-refractivity contribution in [2.24, 2.45) is 10.9 Å². The van der Waals surface area contributed by atoms with Crippen LogP contribution in [0, 0.1) is 5.92 Å². The molecule has 2 aromatic rings. The van der Waals surface area contributed by atoms with Gasteiger partial charge in [-0.25, -0.2) is 4.99 Å². The molecule has 1 fully saturated rings. The first-order valence-electron chi connectivity index (χ1n) is 8.84. The lowest BCUT2D eigenvalue weighted by Crippen LogP contribution is -1.98. The zero-order chi connectivity index (χ0) is 18.4. The molecule has 1 saturated carbocycles. The van der Waals surface area contributed by atoms with Gasteiger partial charge in [-0.1, -0.05) is 24.3 Å². The fourth-order valence-electron chi connectivity index (χ4n) is 2.78. The number of hydrogen-bond donors (Lipinski definition) is 0. The first-order valence-corrected chi connectivity index (χ1v) is 9.83. The summed E-state index contributed by atoms with van der Waals surface area (Å²) >= 11 is 1.85. The largest absolute Gasteiger partial charge is 0.504 e. The molecule has 0 atom stereocenters. The maximum Gasteiger partial charge on any atom is 0.119 e. The SMILES string of the molecule is COC=C(C)c1ccccc1CSC(=Nc1ccc(OC)cc1)C1CC1. The molecule has 0 amide bonds. The quantitative estimate of drug-likeness (QED) is 0.338. The van der Waals surface area contributed by atoms with Crippen molar-refractivity contribution >= 4 is 28.1 Å². The van der Waals surface area contributed by atoms with Crippen molar-refractivity contribution in [1.82, 2.24) is 0 Å². The molecule has 0 unspecified atom stereocenters. The Labute approximate surface area is 160 Å². The average Bonchev–Trinajstić information content (AvgIpc) is 3.51. The monoisotopic (exact) mass is 367 g/mol. The molecule has 2 aromatic carbocycles. The van der Waals surface area contributed by atoms with Gasteiger partial charge in [0.1, 0.15) is 5.75 Å². The minimum atomic E-state index is 0.616. The van der Waals surface area contributed by atoms with Crippen molar-refractivity contribution in [3.05, 3.63) is 65.9 Å². The lowest BCUT2D eigenvalue weighted by Gasteiger charge is -2.11. The van der Waals surface area contributed by atoms with Crippen LogP contribution in [-0.2, 0) is 10.5 Å². The van der Waals surface area contributed by atoms with Gasteiger partial charge in [0.25, 0.3) is 0 Å². The van der Waals surface area contributed by atoms with Crippen LogP contribution in [0.1, 0.15) is 30.9 Å². The number of thioether (sulfide) groups is 1. The molecule has 0 N–H and O–H groups in total. The van der Waals surface area contributed by atoms with E-state index in [-0.39, 0.29) is 0 Å². The van der Waals surface area contributed by atoms with E-state index in [0.29, 0.717) is 5.92 Å². The van der Waals surface area contributed by atoms with Gasteiger partial charge in [0.2, 0.25) is 0 Å². The van der Waals surface area contributed by atoms with Crippen LogP contribution in [-0.4, -0.2) is 19.3 Å². The van der Waals surface area contributed by atoms with Gasteiger partial charge in [0.15, 0.2) is 0 Å². The number of methoxy groups -OCH3 is 2. The Hall–Kier alpha value is -2.20. The third-order valence-electron chi connectivity index (χ3n) is 4.35. The van der Waals surface area contributed by atoms with Gasteiger partial charge in [-0.05, 0) is 60.7 Å². The zero-order valence-electron chi connectivity index (χ0n) is 15.6. The molecular weight excluding hydrogens is 342 g/mol. The molecule has 0 radical (unpaired) electrons. The van der Waals surface area contributed by atoms with E-state index in [1.807, 2.05) is 36.0 Å². The maximum atomic E-state index is 5.23. The van der Waals surface area contributed by atoms with E-state index in [1.165, 1.54) is 29.0 Å². The molecule has 0 heterocycles. The number of hydrogen-bond acceptors (Lipinski definition) is 4. The summed E-state index contributed by atoms with van der Waals surface area (Å²) in [6, 6.07) is 16.5. The minimum Gasteiger partial charge on any atom is -0.504 e. The Morgan fingerprint density at radius 2 is 1.85 bits per heavy atom. The second kappa shape index (κ2) is 8.95. The number of allylic oxidation sites excluding steroid dienone is 1. The highest BCUT2D eigenvalue weighted by atomic mass is 32.2. The third kappa shape index (κ3) is 4.92. The summed E-state index contributed by atoms with van der Waals surface area (Å²) in [6.07, 6.45) is 4.29. The van der Waals surface area contributed by atoms with E-state index in [4.69, 9.17) is 14.5 Å². The fraction of sp³-hybridized carbons (Fsp3) is 0.318. The standard InChI is InChI=1S/C22H25NO2S/c1-16(14-24-2)21-7-5-4-6-18(21)15-26-22(17-8-9-17)23-19-10-12-20(25-3)13-11-19/h4-7,10-14,17H,8-9,15H2,1-3H3. The van der Waals surface area contributed by atoms with Crippen molar-refractivity contribution in [2.45, 2.75) is 25.5 Å². The molecule has 0 aliphatic heterocycles. The van der Waals surface area contributed by atoms with Crippen molar-refractivity contribution in [2.75, 3.05) is 14.2 Å². The molecule has 26 heavy (non-hydrogen) atoms. The summed E-state index contributed by atoms with van der Waals surface area (Å²) in [5.41, 5.74) is 4.68. The highest BCUT2D eigenvalue weighted by Gasteiger charge is 2.28. The van der Waals surface area contributed by atoms with Crippen molar-refractivity contribution in [3.63, 3.8) is 0 Å². The van der Waals surface area contributed by atoms with E-state index in [0.717, 1.165) is 22.8 Å². The number of rotatable bonds is 7. The first-order chi connectivity index (χ1) is 12.7. The number of ether oxygens (including phenoxy) is 2. The number of aliphatic imine (C=N–C) groups is 1. The van der Waals surface area contributed by atoms with Crippen LogP contribution >= 0.6 is 11.8 Å². The van der Waals surface area contributed by atoms with Crippen LogP contribution in [0.2, 0.25) is 0 Å². The molecule has 3 rings (SSSR count). The predicted molar refractivity (Wildman–Crippen MR) is 111 cm³/mol. The van der Waals surface area contributed by atoms with E-state index in [1.54, 1.807) is 20.5 Å². The van der Waals surface area contributed by atoms with Crippen molar-refractivity contribution < 1.29 is 9.47 Å². The molecule has 0 bridgehead atoms. The molecular formula is C22H25NO2S. The molecule has 3 nitrogen and oxygen atoms in total. The second-order valence-electron chi connectivity index (χ2n) is 6.40.